The first-order valence-electron chi connectivity index (χ1n) is 6.19. The summed E-state index contributed by atoms with van der Waals surface area (Å²) in [7, 11) is 1.90. The fourth-order valence-corrected chi connectivity index (χ4v) is 2.07. The van der Waals surface area contributed by atoms with Crippen LogP contribution in [-0.2, 0) is 11.3 Å². The largest absolute Gasteiger partial charge is 0.360 e. The normalized spacial score (nSPS) is 10.8. The van der Waals surface area contributed by atoms with Gasteiger partial charge in [-0.05, 0) is 31.7 Å². The van der Waals surface area contributed by atoms with Gasteiger partial charge in [0.1, 0.15) is 5.76 Å². The molecule has 2 rings (SSSR count). The molecule has 0 radical (unpaired) electrons. The second-order valence-electron chi connectivity index (χ2n) is 4.67. The summed E-state index contributed by atoms with van der Waals surface area (Å²) in [6.45, 7) is 2.78. The number of nitrogens with zero attached hydrogens (tertiary/aromatic N) is 2. The molecule has 6 heteroatoms. The van der Waals surface area contributed by atoms with Gasteiger partial charge in [0.05, 0.1) is 6.54 Å². The number of carbonyl (C=O) groups is 1. The van der Waals surface area contributed by atoms with Gasteiger partial charge in [0, 0.05) is 17.1 Å². The zero-order valence-corrected chi connectivity index (χ0v) is 13.0. The molecule has 5 nitrogen and oxygen atoms in total. The second-order valence-corrected chi connectivity index (χ2v) is 5.59. The minimum absolute atomic E-state index is 0.113. The first-order chi connectivity index (χ1) is 9.52. The number of rotatable bonds is 5. The monoisotopic (exact) mass is 337 g/mol. The first kappa shape index (κ1) is 14.7. The van der Waals surface area contributed by atoms with Crippen molar-refractivity contribution in [3.63, 3.8) is 0 Å². The highest BCUT2D eigenvalue weighted by molar-refractivity contribution is 9.10. The Balaban J connectivity index is 1.83. The molecule has 0 spiro atoms. The van der Waals surface area contributed by atoms with E-state index in [0.717, 1.165) is 10.0 Å². The fraction of sp³-hybridized carbons (Fsp3) is 0.286. The van der Waals surface area contributed by atoms with Crippen LogP contribution in [-0.4, -0.2) is 29.6 Å². The van der Waals surface area contributed by atoms with Crippen LogP contribution < -0.4 is 5.32 Å². The number of amides is 1. The smallest absolute Gasteiger partial charge is 0.239 e. The molecule has 0 fully saturated rings. The van der Waals surface area contributed by atoms with E-state index in [1.54, 1.807) is 13.0 Å². The van der Waals surface area contributed by atoms with E-state index in [0.29, 0.717) is 24.7 Å². The third kappa shape index (κ3) is 4.47. The van der Waals surface area contributed by atoms with E-state index < -0.39 is 0 Å². The molecule has 106 valence electrons. The van der Waals surface area contributed by atoms with Gasteiger partial charge >= 0.3 is 0 Å². The Hall–Kier alpha value is -1.66. The number of likely N-dealkylation sites (N-methyl/N-ethyl adjacent to an activating group) is 1. The second kappa shape index (κ2) is 6.67. The Morgan fingerprint density at radius 1 is 1.40 bits per heavy atom. The SMILES string of the molecule is Cc1cc(NC(=O)CN(C)Cc2ccc(Br)cc2)no1. The van der Waals surface area contributed by atoms with Crippen molar-refractivity contribution in [2.24, 2.45) is 0 Å². The maximum absolute atomic E-state index is 11.8. The molecular weight excluding hydrogens is 322 g/mol. The van der Waals surface area contributed by atoms with Crippen LogP contribution in [0.1, 0.15) is 11.3 Å². The number of anilines is 1. The quantitative estimate of drug-likeness (QED) is 0.911. The topological polar surface area (TPSA) is 58.4 Å². The number of hydrogen-bond donors (Lipinski definition) is 1. The molecule has 0 aliphatic rings. The maximum Gasteiger partial charge on any atom is 0.239 e. The summed E-state index contributed by atoms with van der Waals surface area (Å²) in [6.07, 6.45) is 0. The molecule has 1 aromatic heterocycles. The molecule has 1 heterocycles. The summed E-state index contributed by atoms with van der Waals surface area (Å²) in [4.78, 5) is 13.8. The van der Waals surface area contributed by atoms with Gasteiger partial charge in [-0.3, -0.25) is 9.69 Å². The van der Waals surface area contributed by atoms with E-state index in [1.807, 2.05) is 36.2 Å². The van der Waals surface area contributed by atoms with E-state index in [-0.39, 0.29) is 5.91 Å². The van der Waals surface area contributed by atoms with Crippen LogP contribution in [0.5, 0.6) is 0 Å². The molecule has 1 aromatic carbocycles. The Labute approximate surface area is 126 Å². The number of halogens is 1. The summed E-state index contributed by atoms with van der Waals surface area (Å²) in [5, 5.41) is 6.42. The highest BCUT2D eigenvalue weighted by atomic mass is 79.9. The van der Waals surface area contributed by atoms with Crippen LogP contribution in [0.25, 0.3) is 0 Å². The van der Waals surface area contributed by atoms with Gasteiger partial charge in [0.15, 0.2) is 5.82 Å². The van der Waals surface area contributed by atoms with E-state index in [9.17, 15) is 4.79 Å². The van der Waals surface area contributed by atoms with Gasteiger partial charge in [-0.25, -0.2) is 0 Å². The minimum atomic E-state index is -0.113. The average Bonchev–Trinajstić information content (AvgIpc) is 2.77. The standard InChI is InChI=1S/C14H16BrN3O2/c1-10-7-13(17-20-10)16-14(19)9-18(2)8-11-3-5-12(15)6-4-11/h3-7H,8-9H2,1-2H3,(H,16,17,19). The third-order valence-electron chi connectivity index (χ3n) is 2.67. The summed E-state index contributed by atoms with van der Waals surface area (Å²) < 4.78 is 5.94. The van der Waals surface area contributed by atoms with Crippen LogP contribution in [0.4, 0.5) is 5.82 Å². The van der Waals surface area contributed by atoms with Crippen molar-refractivity contribution >= 4 is 27.7 Å². The van der Waals surface area contributed by atoms with Crippen molar-refractivity contribution in [3.8, 4) is 0 Å². The van der Waals surface area contributed by atoms with E-state index >= 15 is 0 Å². The van der Waals surface area contributed by atoms with E-state index in [1.165, 1.54) is 0 Å². The van der Waals surface area contributed by atoms with E-state index in [2.05, 4.69) is 26.4 Å². The van der Waals surface area contributed by atoms with Gasteiger partial charge in [-0.2, -0.15) is 0 Å². The maximum atomic E-state index is 11.8. The van der Waals surface area contributed by atoms with Crippen LogP contribution in [0, 0.1) is 6.92 Å². The molecule has 0 atom stereocenters. The van der Waals surface area contributed by atoms with Gasteiger partial charge in [-0.15, -0.1) is 0 Å². The van der Waals surface area contributed by atoms with Crippen LogP contribution >= 0.6 is 15.9 Å². The van der Waals surface area contributed by atoms with Crippen LogP contribution in [0.2, 0.25) is 0 Å². The molecular formula is C14H16BrN3O2. The van der Waals surface area contributed by atoms with Gasteiger partial charge < -0.3 is 9.84 Å². The molecule has 0 aliphatic carbocycles. The molecule has 1 amide bonds. The lowest BCUT2D eigenvalue weighted by Gasteiger charge is -2.15. The van der Waals surface area contributed by atoms with Crippen molar-refractivity contribution in [1.82, 2.24) is 10.1 Å². The average molecular weight is 338 g/mol. The highest BCUT2D eigenvalue weighted by Gasteiger charge is 2.09. The molecule has 0 unspecified atom stereocenters. The van der Waals surface area contributed by atoms with Crippen molar-refractivity contribution in [1.29, 1.82) is 0 Å². The van der Waals surface area contributed by atoms with Crippen molar-refractivity contribution in [3.05, 3.63) is 46.1 Å². The molecule has 0 saturated carbocycles. The van der Waals surface area contributed by atoms with Crippen molar-refractivity contribution < 1.29 is 9.32 Å². The highest BCUT2D eigenvalue weighted by Crippen LogP contribution is 2.12. The van der Waals surface area contributed by atoms with Crippen LogP contribution in [0.3, 0.4) is 0 Å². The fourth-order valence-electron chi connectivity index (χ4n) is 1.81. The van der Waals surface area contributed by atoms with Crippen LogP contribution in [0.15, 0.2) is 39.3 Å². The van der Waals surface area contributed by atoms with Gasteiger partial charge in [0.2, 0.25) is 5.91 Å². The Kier molecular flexibility index (Phi) is 4.92. The Bertz CT molecular complexity index is 580. The molecule has 20 heavy (non-hydrogen) atoms. The lowest BCUT2D eigenvalue weighted by Crippen LogP contribution is -2.29. The molecule has 0 saturated heterocycles. The van der Waals surface area contributed by atoms with Crippen molar-refractivity contribution in [2.45, 2.75) is 13.5 Å². The summed E-state index contributed by atoms with van der Waals surface area (Å²) in [5.41, 5.74) is 1.15. The lowest BCUT2D eigenvalue weighted by molar-refractivity contribution is -0.117. The summed E-state index contributed by atoms with van der Waals surface area (Å²) >= 11 is 3.40. The predicted molar refractivity (Wildman–Crippen MR) is 80.3 cm³/mol. The number of aryl methyl sites for hydroxylation is 1. The Morgan fingerprint density at radius 2 is 2.10 bits per heavy atom. The predicted octanol–water partition coefficient (Wildman–Crippen LogP) is 2.82. The number of carbonyl (C=O) groups excluding carboxylic acids is 1. The number of nitrogens with one attached hydrogen (secondary N) is 1. The zero-order valence-electron chi connectivity index (χ0n) is 11.4. The number of aromatic nitrogens is 1. The number of hydrogen-bond acceptors (Lipinski definition) is 4. The lowest BCUT2D eigenvalue weighted by atomic mass is 10.2. The number of benzene rings is 1. The Morgan fingerprint density at radius 3 is 2.70 bits per heavy atom. The molecule has 0 aliphatic heterocycles. The van der Waals surface area contributed by atoms with Gasteiger partial charge in [0.25, 0.3) is 0 Å². The molecule has 2 aromatic rings. The minimum Gasteiger partial charge on any atom is -0.360 e. The van der Waals surface area contributed by atoms with E-state index in [4.69, 9.17) is 4.52 Å². The third-order valence-corrected chi connectivity index (χ3v) is 3.20. The molecule has 1 N–H and O–H groups in total. The zero-order chi connectivity index (χ0) is 14.5. The first-order valence-corrected chi connectivity index (χ1v) is 6.98. The van der Waals surface area contributed by atoms with Crippen molar-refractivity contribution in [2.75, 3.05) is 18.9 Å². The van der Waals surface area contributed by atoms with Gasteiger partial charge in [-0.1, -0.05) is 33.2 Å². The summed E-state index contributed by atoms with van der Waals surface area (Å²) in [5.74, 6) is 1.01. The summed E-state index contributed by atoms with van der Waals surface area (Å²) in [6, 6.07) is 9.72. The molecule has 0 bridgehead atoms.